The van der Waals surface area contributed by atoms with Crippen LogP contribution < -0.4 is 10.6 Å². The molecule has 4 rings (SSSR count). The number of carbonyl (C=O) groups is 3. The molecule has 7 nitrogen and oxygen atoms in total. The van der Waals surface area contributed by atoms with E-state index in [1.54, 1.807) is 4.90 Å². The molecule has 2 atom stereocenters. The van der Waals surface area contributed by atoms with Crippen LogP contribution in [0.2, 0.25) is 0 Å². The summed E-state index contributed by atoms with van der Waals surface area (Å²) in [4.78, 5) is 40.8. The van der Waals surface area contributed by atoms with Crippen molar-refractivity contribution in [2.24, 2.45) is 0 Å². The molecule has 1 aliphatic carbocycles. The normalized spacial score (nSPS) is 32.3. The van der Waals surface area contributed by atoms with Gasteiger partial charge in [-0.3, -0.25) is 14.5 Å². The smallest absolute Gasteiger partial charge is 0.325 e. The predicted octanol–water partition coefficient (Wildman–Crippen LogP) is 1.40. The summed E-state index contributed by atoms with van der Waals surface area (Å²) in [5.41, 5.74) is -0.748. The average molecular weight is 385 g/mol. The molecule has 4 aliphatic rings. The fourth-order valence-corrected chi connectivity index (χ4v) is 5.11. The molecule has 2 unspecified atom stereocenters. The minimum Gasteiger partial charge on any atom is -0.341 e. The predicted molar refractivity (Wildman–Crippen MR) is 99.0 cm³/mol. The highest BCUT2D eigenvalue weighted by molar-refractivity contribution is 6.09. The molecular formula is C18H29ClN4O3. The second-order valence-corrected chi connectivity index (χ2v) is 8.23. The lowest BCUT2D eigenvalue weighted by atomic mass is 9.82. The van der Waals surface area contributed by atoms with Crippen LogP contribution in [-0.4, -0.2) is 64.9 Å². The third-order valence-electron chi connectivity index (χ3n) is 6.64. The van der Waals surface area contributed by atoms with Gasteiger partial charge in [0.25, 0.3) is 5.91 Å². The van der Waals surface area contributed by atoms with Crippen molar-refractivity contribution in [3.8, 4) is 0 Å². The Morgan fingerprint density at radius 2 is 1.77 bits per heavy atom. The lowest BCUT2D eigenvalue weighted by Gasteiger charge is -2.36. The number of nitrogens with zero attached hydrogens (tertiary/aromatic N) is 2. The molecule has 146 valence electrons. The molecule has 2 N–H and O–H groups in total. The van der Waals surface area contributed by atoms with E-state index in [9.17, 15) is 14.4 Å². The van der Waals surface area contributed by atoms with E-state index in [4.69, 9.17) is 0 Å². The lowest BCUT2D eigenvalue weighted by Crippen LogP contribution is -2.52. The van der Waals surface area contributed by atoms with Crippen LogP contribution in [0, 0.1) is 0 Å². The molecular weight excluding hydrogens is 356 g/mol. The number of hydrogen-bond acceptors (Lipinski definition) is 4. The average Bonchev–Trinajstić information content (AvgIpc) is 3.06. The molecule has 26 heavy (non-hydrogen) atoms. The van der Waals surface area contributed by atoms with Crippen LogP contribution in [0.1, 0.15) is 57.8 Å². The Morgan fingerprint density at radius 1 is 1.15 bits per heavy atom. The van der Waals surface area contributed by atoms with Crippen molar-refractivity contribution in [1.82, 2.24) is 20.4 Å². The molecule has 0 aromatic heterocycles. The Hall–Kier alpha value is -1.34. The quantitative estimate of drug-likeness (QED) is 0.721. The summed E-state index contributed by atoms with van der Waals surface area (Å²) < 4.78 is 0. The van der Waals surface area contributed by atoms with Crippen molar-refractivity contribution >= 4 is 30.3 Å². The van der Waals surface area contributed by atoms with E-state index in [0.717, 1.165) is 37.0 Å². The monoisotopic (exact) mass is 384 g/mol. The van der Waals surface area contributed by atoms with Gasteiger partial charge in [0.05, 0.1) is 0 Å². The van der Waals surface area contributed by atoms with Gasteiger partial charge in [-0.05, 0) is 38.5 Å². The maximum atomic E-state index is 12.8. The van der Waals surface area contributed by atoms with Gasteiger partial charge < -0.3 is 15.5 Å². The topological polar surface area (TPSA) is 81.8 Å². The summed E-state index contributed by atoms with van der Waals surface area (Å²) in [5, 5.41) is 6.45. The van der Waals surface area contributed by atoms with Gasteiger partial charge in [-0.15, -0.1) is 12.4 Å². The van der Waals surface area contributed by atoms with Gasteiger partial charge in [-0.25, -0.2) is 4.79 Å². The molecule has 0 aromatic rings. The number of nitrogens with one attached hydrogen (secondary N) is 2. The second-order valence-electron chi connectivity index (χ2n) is 8.23. The maximum absolute atomic E-state index is 12.8. The molecule has 8 heteroatoms. The number of urea groups is 1. The fraction of sp³-hybridized carbons (Fsp3) is 0.833. The van der Waals surface area contributed by atoms with Crippen molar-refractivity contribution in [3.63, 3.8) is 0 Å². The third-order valence-corrected chi connectivity index (χ3v) is 6.64. The van der Waals surface area contributed by atoms with Gasteiger partial charge in [0.2, 0.25) is 5.91 Å². The van der Waals surface area contributed by atoms with E-state index in [2.05, 4.69) is 10.6 Å². The molecule has 4 amide bonds. The van der Waals surface area contributed by atoms with Gasteiger partial charge in [-0.1, -0.05) is 19.3 Å². The summed E-state index contributed by atoms with van der Waals surface area (Å²) in [6.45, 7) is -0.137. The van der Waals surface area contributed by atoms with Crippen LogP contribution in [-0.2, 0) is 9.59 Å². The minimum absolute atomic E-state index is 0. The summed E-state index contributed by atoms with van der Waals surface area (Å²) in [5.74, 6) is -0.341. The molecule has 3 heterocycles. The number of halogens is 1. The maximum Gasteiger partial charge on any atom is 0.325 e. The summed E-state index contributed by atoms with van der Waals surface area (Å²) in [7, 11) is 1.81. The highest BCUT2D eigenvalue weighted by atomic mass is 35.5. The number of hydrogen-bond donors (Lipinski definition) is 2. The zero-order valence-electron chi connectivity index (χ0n) is 15.3. The van der Waals surface area contributed by atoms with Gasteiger partial charge in [-0.2, -0.15) is 0 Å². The van der Waals surface area contributed by atoms with Crippen LogP contribution in [0.25, 0.3) is 0 Å². The van der Waals surface area contributed by atoms with Crippen LogP contribution in [0.4, 0.5) is 4.79 Å². The Bertz CT molecular complexity index is 581. The Kier molecular flexibility index (Phi) is 5.49. The molecule has 2 bridgehead atoms. The zero-order valence-corrected chi connectivity index (χ0v) is 16.1. The van der Waals surface area contributed by atoms with E-state index in [0.29, 0.717) is 24.9 Å². The van der Waals surface area contributed by atoms with Crippen molar-refractivity contribution in [3.05, 3.63) is 0 Å². The largest absolute Gasteiger partial charge is 0.341 e. The van der Waals surface area contributed by atoms with E-state index in [1.165, 1.54) is 12.8 Å². The minimum atomic E-state index is -0.748. The van der Waals surface area contributed by atoms with Crippen molar-refractivity contribution in [1.29, 1.82) is 0 Å². The zero-order chi connectivity index (χ0) is 17.6. The lowest BCUT2D eigenvalue weighted by molar-refractivity contribution is -0.140. The van der Waals surface area contributed by atoms with Crippen molar-refractivity contribution < 1.29 is 14.4 Å². The van der Waals surface area contributed by atoms with Crippen LogP contribution in [0.15, 0.2) is 0 Å². The third kappa shape index (κ3) is 3.31. The summed E-state index contributed by atoms with van der Waals surface area (Å²) in [6, 6.07) is 0.803. The fourth-order valence-electron chi connectivity index (χ4n) is 5.11. The standard InChI is InChI=1S/C18H28N4O3.ClH/c1-21(14-9-12-5-6-13(10-14)19-12)15(23)11-22-16(24)18(20-17(22)25)7-3-2-4-8-18;/h12-14,19H,2-11H2,1H3,(H,20,25);1H. The molecule has 4 fully saturated rings. The number of likely N-dealkylation sites (N-methyl/N-ethyl adjacent to an activating group) is 1. The molecule has 3 saturated heterocycles. The number of amides is 4. The summed E-state index contributed by atoms with van der Waals surface area (Å²) >= 11 is 0. The van der Waals surface area contributed by atoms with Gasteiger partial charge >= 0.3 is 6.03 Å². The molecule has 3 aliphatic heterocycles. The molecule has 0 aromatic carbocycles. The molecule has 1 spiro atoms. The highest BCUT2D eigenvalue weighted by Crippen LogP contribution is 2.34. The molecule has 1 saturated carbocycles. The first kappa shape index (κ1) is 19.4. The highest BCUT2D eigenvalue weighted by Gasteiger charge is 2.52. The van der Waals surface area contributed by atoms with E-state index < -0.39 is 11.6 Å². The molecule has 0 radical (unpaired) electrons. The van der Waals surface area contributed by atoms with E-state index in [1.807, 2.05) is 7.05 Å². The number of fused-ring (bicyclic) bond motifs is 2. The first-order valence-corrected chi connectivity index (χ1v) is 9.64. The van der Waals surface area contributed by atoms with E-state index in [-0.39, 0.29) is 36.8 Å². The Morgan fingerprint density at radius 3 is 2.38 bits per heavy atom. The SMILES string of the molecule is CN(C(=O)CN1C(=O)NC2(CCCCC2)C1=O)C1CC2CCC(C1)N2.Cl. The number of piperidine rings is 1. The summed E-state index contributed by atoms with van der Waals surface area (Å²) in [6.07, 6.45) is 8.66. The first-order chi connectivity index (χ1) is 12.0. The Labute approximate surface area is 160 Å². The van der Waals surface area contributed by atoms with Crippen LogP contribution >= 0.6 is 12.4 Å². The van der Waals surface area contributed by atoms with E-state index >= 15 is 0 Å². The first-order valence-electron chi connectivity index (χ1n) is 9.64. The number of imide groups is 1. The number of rotatable bonds is 3. The van der Waals surface area contributed by atoms with Gasteiger partial charge in [0.1, 0.15) is 12.1 Å². The van der Waals surface area contributed by atoms with Crippen LogP contribution in [0.5, 0.6) is 0 Å². The number of carbonyl (C=O) groups excluding carboxylic acids is 3. The Balaban J connectivity index is 0.00000196. The second kappa shape index (κ2) is 7.35. The van der Waals surface area contributed by atoms with Crippen LogP contribution in [0.3, 0.4) is 0 Å². The van der Waals surface area contributed by atoms with Crippen molar-refractivity contribution in [2.75, 3.05) is 13.6 Å². The van der Waals surface area contributed by atoms with Gasteiger partial charge in [0.15, 0.2) is 0 Å². The van der Waals surface area contributed by atoms with Crippen molar-refractivity contribution in [2.45, 2.75) is 81.5 Å². The van der Waals surface area contributed by atoms with Gasteiger partial charge in [0, 0.05) is 25.2 Å².